The predicted octanol–water partition coefficient (Wildman–Crippen LogP) is 0.815. The maximum absolute atomic E-state index is 14.1. The van der Waals surface area contributed by atoms with Crippen LogP contribution in [0, 0.1) is 12.7 Å². The fourth-order valence-corrected chi connectivity index (χ4v) is 3.32. The van der Waals surface area contributed by atoms with Crippen molar-refractivity contribution in [3.63, 3.8) is 0 Å². The van der Waals surface area contributed by atoms with Crippen LogP contribution < -0.4 is 5.73 Å². The van der Waals surface area contributed by atoms with Crippen LogP contribution in [0.15, 0.2) is 17.0 Å². The van der Waals surface area contributed by atoms with Crippen LogP contribution in [0.3, 0.4) is 0 Å². The largest absolute Gasteiger partial charge is 0.399 e. The van der Waals surface area contributed by atoms with Crippen LogP contribution in [-0.2, 0) is 14.8 Å². The van der Waals surface area contributed by atoms with E-state index in [1.807, 2.05) is 0 Å². The fraction of sp³-hybridized carbons (Fsp3) is 0.462. The first-order valence-electron chi connectivity index (χ1n) is 6.37. The van der Waals surface area contributed by atoms with Gasteiger partial charge in [0.15, 0.2) is 0 Å². The lowest BCUT2D eigenvalue weighted by Crippen LogP contribution is -2.40. The van der Waals surface area contributed by atoms with E-state index in [1.165, 1.54) is 32.0 Å². The lowest BCUT2D eigenvalue weighted by molar-refractivity contribution is -0.128. The molecule has 0 radical (unpaired) electrons. The quantitative estimate of drug-likeness (QED) is 0.815. The number of aryl methyl sites for hydroxylation is 1. The van der Waals surface area contributed by atoms with Crippen LogP contribution in [0.25, 0.3) is 0 Å². The van der Waals surface area contributed by atoms with Gasteiger partial charge in [0.05, 0.1) is 6.54 Å². The van der Waals surface area contributed by atoms with Gasteiger partial charge in [0.2, 0.25) is 15.9 Å². The average molecular weight is 317 g/mol. The number of sulfonamides is 1. The van der Waals surface area contributed by atoms with E-state index in [0.717, 1.165) is 10.4 Å². The van der Waals surface area contributed by atoms with Crippen molar-refractivity contribution in [3.05, 3.63) is 23.5 Å². The van der Waals surface area contributed by atoms with E-state index in [-0.39, 0.29) is 30.2 Å². The first kappa shape index (κ1) is 17.4. The minimum absolute atomic E-state index is 0.0508. The van der Waals surface area contributed by atoms with Gasteiger partial charge in [-0.3, -0.25) is 4.79 Å². The topological polar surface area (TPSA) is 83.7 Å². The van der Waals surface area contributed by atoms with Crippen LogP contribution in [-0.4, -0.2) is 50.7 Å². The molecule has 0 aliphatic rings. The Morgan fingerprint density at radius 1 is 1.33 bits per heavy atom. The SMILES string of the molecule is CCN(CC(=O)N(C)C)S(=O)(=O)c1cc(N)cc(C)c1F. The summed E-state index contributed by atoms with van der Waals surface area (Å²) in [6.45, 7) is 2.72. The summed E-state index contributed by atoms with van der Waals surface area (Å²) in [5, 5.41) is 0. The molecule has 0 atom stereocenters. The molecule has 0 saturated carbocycles. The molecule has 1 aromatic carbocycles. The third kappa shape index (κ3) is 3.70. The van der Waals surface area contributed by atoms with Gasteiger partial charge in [-0.25, -0.2) is 12.8 Å². The van der Waals surface area contributed by atoms with E-state index in [0.29, 0.717) is 0 Å². The standard InChI is InChI=1S/C13H20FN3O3S/c1-5-17(8-12(18)16(3)4)21(19,20)11-7-10(15)6-9(2)13(11)14/h6-7H,5,8,15H2,1-4H3. The minimum atomic E-state index is -4.12. The molecule has 21 heavy (non-hydrogen) atoms. The zero-order valence-corrected chi connectivity index (χ0v) is 13.4. The first-order valence-corrected chi connectivity index (χ1v) is 7.81. The highest BCUT2D eigenvalue weighted by Gasteiger charge is 2.29. The fourth-order valence-electron chi connectivity index (χ4n) is 1.75. The molecule has 1 aromatic rings. The molecule has 0 saturated heterocycles. The lowest BCUT2D eigenvalue weighted by atomic mass is 10.2. The summed E-state index contributed by atoms with van der Waals surface area (Å²) in [5.74, 6) is -1.23. The van der Waals surface area contributed by atoms with E-state index < -0.39 is 20.7 Å². The van der Waals surface area contributed by atoms with Crippen LogP contribution in [0.4, 0.5) is 10.1 Å². The molecule has 1 amide bonds. The summed E-state index contributed by atoms with van der Waals surface area (Å²) in [4.78, 5) is 12.5. The molecule has 0 spiro atoms. The van der Waals surface area contributed by atoms with Gasteiger partial charge in [-0.2, -0.15) is 4.31 Å². The molecule has 0 fully saturated rings. The van der Waals surface area contributed by atoms with Crippen molar-refractivity contribution in [1.29, 1.82) is 0 Å². The first-order chi connectivity index (χ1) is 9.61. The second kappa shape index (κ2) is 6.40. The molecule has 2 N–H and O–H groups in total. The Hall–Kier alpha value is -1.67. The molecule has 0 unspecified atom stereocenters. The van der Waals surface area contributed by atoms with E-state index in [4.69, 9.17) is 5.73 Å². The van der Waals surface area contributed by atoms with Crippen molar-refractivity contribution >= 4 is 21.6 Å². The molecule has 0 aliphatic carbocycles. The van der Waals surface area contributed by atoms with Crippen molar-refractivity contribution in [2.75, 3.05) is 32.9 Å². The van der Waals surface area contributed by atoms with Crippen LogP contribution in [0.1, 0.15) is 12.5 Å². The normalized spacial score (nSPS) is 11.7. The number of benzene rings is 1. The smallest absolute Gasteiger partial charge is 0.246 e. The summed E-state index contributed by atoms with van der Waals surface area (Å²) < 4.78 is 40.0. The number of rotatable bonds is 5. The van der Waals surface area contributed by atoms with Gasteiger partial charge >= 0.3 is 0 Å². The molecular weight excluding hydrogens is 297 g/mol. The number of carbonyl (C=O) groups excluding carboxylic acids is 1. The molecule has 0 heterocycles. The third-order valence-corrected chi connectivity index (χ3v) is 4.94. The third-order valence-electron chi connectivity index (χ3n) is 3.02. The summed E-state index contributed by atoms with van der Waals surface area (Å²) >= 11 is 0. The number of amides is 1. The van der Waals surface area contributed by atoms with Crippen LogP contribution in [0.2, 0.25) is 0 Å². The number of hydrogen-bond acceptors (Lipinski definition) is 4. The van der Waals surface area contributed by atoms with Crippen LogP contribution >= 0.6 is 0 Å². The van der Waals surface area contributed by atoms with E-state index >= 15 is 0 Å². The maximum Gasteiger partial charge on any atom is 0.246 e. The van der Waals surface area contributed by atoms with Gasteiger partial charge < -0.3 is 10.6 Å². The predicted molar refractivity (Wildman–Crippen MR) is 78.7 cm³/mol. The van der Waals surface area contributed by atoms with Crippen molar-refractivity contribution in [3.8, 4) is 0 Å². The average Bonchev–Trinajstić information content (AvgIpc) is 2.39. The van der Waals surface area contributed by atoms with E-state index in [9.17, 15) is 17.6 Å². The van der Waals surface area contributed by atoms with Gasteiger partial charge in [-0.1, -0.05) is 6.92 Å². The number of nitrogens with zero attached hydrogens (tertiary/aromatic N) is 2. The van der Waals surface area contributed by atoms with Gasteiger partial charge in [-0.05, 0) is 24.6 Å². The number of halogens is 1. The molecule has 118 valence electrons. The summed E-state index contributed by atoms with van der Waals surface area (Å²) in [7, 11) is -1.08. The highest BCUT2D eigenvalue weighted by atomic mass is 32.2. The van der Waals surface area contributed by atoms with Crippen molar-refractivity contribution in [1.82, 2.24) is 9.21 Å². The van der Waals surface area contributed by atoms with Gasteiger partial charge in [0, 0.05) is 26.3 Å². The Labute approximate surface area is 124 Å². The summed E-state index contributed by atoms with van der Waals surface area (Å²) in [5.41, 5.74) is 5.89. The minimum Gasteiger partial charge on any atom is -0.399 e. The highest BCUT2D eigenvalue weighted by molar-refractivity contribution is 7.89. The number of anilines is 1. The zero-order valence-electron chi connectivity index (χ0n) is 12.6. The van der Waals surface area contributed by atoms with Gasteiger partial charge in [0.1, 0.15) is 10.7 Å². The Kier molecular flexibility index (Phi) is 5.30. The molecule has 0 aromatic heterocycles. The Bertz CT molecular complexity index is 644. The van der Waals surface area contributed by atoms with Gasteiger partial charge in [0.25, 0.3) is 0 Å². The summed E-state index contributed by atoms with van der Waals surface area (Å²) in [6.07, 6.45) is 0. The molecule has 0 aliphatic heterocycles. The number of hydrogen-bond donors (Lipinski definition) is 1. The number of likely N-dealkylation sites (N-methyl/N-ethyl adjacent to an activating group) is 2. The second-order valence-corrected chi connectivity index (χ2v) is 6.78. The Morgan fingerprint density at radius 2 is 1.90 bits per heavy atom. The van der Waals surface area contributed by atoms with E-state index in [2.05, 4.69) is 0 Å². The number of carbonyl (C=O) groups is 1. The van der Waals surface area contributed by atoms with Crippen molar-refractivity contribution in [2.24, 2.45) is 0 Å². The van der Waals surface area contributed by atoms with Crippen molar-refractivity contribution < 1.29 is 17.6 Å². The molecule has 6 nitrogen and oxygen atoms in total. The molecule has 1 rings (SSSR count). The number of nitrogens with two attached hydrogens (primary N) is 1. The molecule has 8 heteroatoms. The Balaban J connectivity index is 3.29. The van der Waals surface area contributed by atoms with Crippen molar-refractivity contribution in [2.45, 2.75) is 18.7 Å². The molecule has 0 bridgehead atoms. The zero-order chi connectivity index (χ0) is 16.4. The summed E-state index contributed by atoms with van der Waals surface area (Å²) in [6, 6.07) is 2.43. The lowest BCUT2D eigenvalue weighted by Gasteiger charge is -2.22. The number of nitrogen functional groups attached to an aromatic ring is 1. The monoisotopic (exact) mass is 317 g/mol. The highest BCUT2D eigenvalue weighted by Crippen LogP contribution is 2.24. The van der Waals surface area contributed by atoms with Gasteiger partial charge in [-0.15, -0.1) is 0 Å². The second-order valence-electron chi connectivity index (χ2n) is 4.87. The van der Waals surface area contributed by atoms with E-state index in [1.54, 1.807) is 6.92 Å². The molecular formula is C13H20FN3O3S. The Morgan fingerprint density at radius 3 is 2.38 bits per heavy atom. The maximum atomic E-state index is 14.1. The van der Waals surface area contributed by atoms with Crippen LogP contribution in [0.5, 0.6) is 0 Å².